The van der Waals surface area contributed by atoms with Crippen molar-refractivity contribution >= 4 is 5.96 Å². The number of nitrogens with zero attached hydrogens (tertiary/aromatic N) is 2. The Morgan fingerprint density at radius 1 is 1.30 bits per heavy atom. The lowest BCUT2D eigenvalue weighted by Gasteiger charge is -2.23. The minimum atomic E-state index is 0.158. The molecule has 0 bridgehead atoms. The zero-order chi connectivity index (χ0) is 17.1. The smallest absolute Gasteiger partial charge is 0.191 e. The molecule has 6 heteroatoms. The second-order valence-corrected chi connectivity index (χ2v) is 6.17. The molecule has 0 aromatic carbocycles. The Kier molecular flexibility index (Phi) is 9.40. The van der Waals surface area contributed by atoms with Gasteiger partial charge in [-0.15, -0.1) is 0 Å². The molecule has 6 nitrogen and oxygen atoms in total. The van der Waals surface area contributed by atoms with Gasteiger partial charge in [0.05, 0.1) is 18.9 Å². The molecule has 0 fully saturated rings. The Bertz CT molecular complexity index is 430. The largest absolute Gasteiger partial charge is 0.468 e. The Labute approximate surface area is 140 Å². The molecule has 1 aromatic rings. The monoisotopic (exact) mass is 324 g/mol. The number of guanidine groups is 1. The maximum atomic E-state index is 5.59. The maximum absolute atomic E-state index is 5.59. The van der Waals surface area contributed by atoms with E-state index in [1.54, 1.807) is 13.3 Å². The molecule has 0 saturated heterocycles. The van der Waals surface area contributed by atoms with Crippen LogP contribution in [-0.2, 0) is 4.74 Å². The summed E-state index contributed by atoms with van der Waals surface area (Å²) in [5, 5.41) is 6.59. The van der Waals surface area contributed by atoms with Crippen LogP contribution < -0.4 is 10.6 Å². The Morgan fingerprint density at radius 2 is 2.09 bits per heavy atom. The summed E-state index contributed by atoms with van der Waals surface area (Å²) in [6, 6.07) is 4.06. The third-order valence-electron chi connectivity index (χ3n) is 3.56. The third kappa shape index (κ3) is 8.04. The topological polar surface area (TPSA) is 62.0 Å². The predicted molar refractivity (Wildman–Crippen MR) is 94.8 cm³/mol. The molecule has 0 aliphatic rings. The molecule has 1 aromatic heterocycles. The van der Waals surface area contributed by atoms with Crippen LogP contribution in [0, 0.1) is 5.92 Å². The van der Waals surface area contributed by atoms with Gasteiger partial charge in [-0.25, -0.2) is 0 Å². The molecule has 0 saturated carbocycles. The summed E-state index contributed by atoms with van der Waals surface area (Å²) in [6.45, 7) is 7.36. The molecule has 0 aliphatic heterocycles. The zero-order valence-corrected chi connectivity index (χ0v) is 15.1. The van der Waals surface area contributed by atoms with Crippen LogP contribution in [0.25, 0.3) is 0 Å². The van der Waals surface area contributed by atoms with Gasteiger partial charge in [0.15, 0.2) is 5.96 Å². The van der Waals surface area contributed by atoms with Crippen LogP contribution in [0.3, 0.4) is 0 Å². The summed E-state index contributed by atoms with van der Waals surface area (Å²) < 4.78 is 11.1. The van der Waals surface area contributed by atoms with Crippen molar-refractivity contribution < 1.29 is 9.15 Å². The average molecular weight is 324 g/mol. The second kappa shape index (κ2) is 11.1. The number of hydrogen-bond donors (Lipinski definition) is 2. The summed E-state index contributed by atoms with van der Waals surface area (Å²) in [4.78, 5) is 6.36. The van der Waals surface area contributed by atoms with Gasteiger partial charge in [-0.05, 0) is 38.6 Å². The predicted octanol–water partition coefficient (Wildman–Crippen LogP) is 2.11. The normalized spacial score (nSPS) is 13.6. The maximum Gasteiger partial charge on any atom is 0.191 e. The van der Waals surface area contributed by atoms with Gasteiger partial charge < -0.3 is 19.8 Å². The van der Waals surface area contributed by atoms with Crippen molar-refractivity contribution in [1.82, 2.24) is 15.5 Å². The number of nitrogens with one attached hydrogen (secondary N) is 2. The molecule has 0 aliphatic carbocycles. The highest BCUT2D eigenvalue weighted by molar-refractivity contribution is 5.79. The SMILES string of the molecule is CN=C(NCCOCCC(C)C)NCC(c1ccco1)N(C)C. The number of rotatable bonds is 10. The minimum Gasteiger partial charge on any atom is -0.468 e. The van der Waals surface area contributed by atoms with Gasteiger partial charge in [-0.3, -0.25) is 9.89 Å². The van der Waals surface area contributed by atoms with Crippen molar-refractivity contribution in [2.24, 2.45) is 10.9 Å². The molecule has 0 spiro atoms. The van der Waals surface area contributed by atoms with Crippen molar-refractivity contribution in [1.29, 1.82) is 0 Å². The first-order valence-corrected chi connectivity index (χ1v) is 8.26. The molecule has 1 heterocycles. The van der Waals surface area contributed by atoms with E-state index in [0.717, 1.165) is 31.3 Å². The number of hydrogen-bond acceptors (Lipinski definition) is 4. The summed E-state index contributed by atoms with van der Waals surface area (Å²) in [6.07, 6.45) is 2.80. The van der Waals surface area contributed by atoms with Crippen LogP contribution in [0.5, 0.6) is 0 Å². The van der Waals surface area contributed by atoms with Gasteiger partial charge in [0.25, 0.3) is 0 Å². The van der Waals surface area contributed by atoms with E-state index in [1.807, 2.05) is 26.2 Å². The molecular formula is C17H32N4O2. The Balaban J connectivity index is 2.27. The van der Waals surface area contributed by atoms with E-state index in [1.165, 1.54) is 0 Å². The van der Waals surface area contributed by atoms with Crippen LogP contribution in [0.1, 0.15) is 32.1 Å². The van der Waals surface area contributed by atoms with Gasteiger partial charge in [0, 0.05) is 26.7 Å². The molecule has 0 radical (unpaired) electrons. The van der Waals surface area contributed by atoms with Gasteiger partial charge in [-0.2, -0.15) is 0 Å². The van der Waals surface area contributed by atoms with E-state index < -0.39 is 0 Å². The fourth-order valence-corrected chi connectivity index (χ4v) is 2.10. The van der Waals surface area contributed by atoms with Crippen molar-refractivity contribution in [3.63, 3.8) is 0 Å². The Morgan fingerprint density at radius 3 is 2.65 bits per heavy atom. The van der Waals surface area contributed by atoms with E-state index in [9.17, 15) is 0 Å². The highest BCUT2D eigenvalue weighted by Gasteiger charge is 2.17. The van der Waals surface area contributed by atoms with Crippen molar-refractivity contribution in [3.8, 4) is 0 Å². The third-order valence-corrected chi connectivity index (χ3v) is 3.56. The number of ether oxygens (including phenoxy) is 1. The van der Waals surface area contributed by atoms with Crippen LogP contribution in [0.2, 0.25) is 0 Å². The van der Waals surface area contributed by atoms with Gasteiger partial charge >= 0.3 is 0 Å². The molecule has 0 amide bonds. The average Bonchev–Trinajstić information content (AvgIpc) is 3.02. The van der Waals surface area contributed by atoms with Gasteiger partial charge in [0.2, 0.25) is 0 Å². The molecule has 23 heavy (non-hydrogen) atoms. The fourth-order valence-electron chi connectivity index (χ4n) is 2.10. The molecular weight excluding hydrogens is 292 g/mol. The van der Waals surface area contributed by atoms with E-state index in [-0.39, 0.29) is 6.04 Å². The lowest BCUT2D eigenvalue weighted by atomic mass is 10.1. The number of aliphatic imine (C=N–C) groups is 1. The number of likely N-dealkylation sites (N-methyl/N-ethyl adjacent to an activating group) is 1. The highest BCUT2D eigenvalue weighted by Crippen LogP contribution is 2.17. The molecule has 1 atom stereocenters. The summed E-state index contributed by atoms with van der Waals surface area (Å²) in [5.41, 5.74) is 0. The lowest BCUT2D eigenvalue weighted by Crippen LogP contribution is -2.42. The molecule has 1 unspecified atom stereocenters. The van der Waals surface area contributed by atoms with Crippen LogP contribution in [0.4, 0.5) is 0 Å². The first kappa shape index (κ1) is 19.5. The second-order valence-electron chi connectivity index (χ2n) is 6.17. The van der Waals surface area contributed by atoms with E-state index in [0.29, 0.717) is 19.1 Å². The Hall–Kier alpha value is -1.53. The van der Waals surface area contributed by atoms with E-state index >= 15 is 0 Å². The summed E-state index contributed by atoms with van der Waals surface area (Å²) in [5.74, 6) is 2.40. The first-order chi connectivity index (χ1) is 11.0. The van der Waals surface area contributed by atoms with Crippen LogP contribution in [0.15, 0.2) is 27.8 Å². The lowest BCUT2D eigenvalue weighted by molar-refractivity contribution is 0.128. The summed E-state index contributed by atoms with van der Waals surface area (Å²) >= 11 is 0. The molecule has 2 N–H and O–H groups in total. The van der Waals surface area contributed by atoms with Crippen molar-refractivity contribution in [2.45, 2.75) is 26.3 Å². The standard InChI is InChI=1S/C17H32N4O2/c1-14(2)8-11-22-12-9-19-17(18-3)20-13-15(21(4)5)16-7-6-10-23-16/h6-7,10,14-15H,8-9,11-13H2,1-5H3,(H2,18,19,20). The molecule has 132 valence electrons. The van der Waals surface area contributed by atoms with Crippen LogP contribution >= 0.6 is 0 Å². The summed E-state index contributed by atoms with van der Waals surface area (Å²) in [7, 11) is 5.84. The van der Waals surface area contributed by atoms with Crippen molar-refractivity contribution in [3.05, 3.63) is 24.2 Å². The minimum absolute atomic E-state index is 0.158. The quantitative estimate of drug-likeness (QED) is 0.392. The van der Waals surface area contributed by atoms with E-state index in [2.05, 4.69) is 34.4 Å². The first-order valence-electron chi connectivity index (χ1n) is 8.26. The van der Waals surface area contributed by atoms with Crippen LogP contribution in [-0.4, -0.2) is 58.3 Å². The van der Waals surface area contributed by atoms with E-state index in [4.69, 9.17) is 9.15 Å². The fraction of sp³-hybridized carbons (Fsp3) is 0.706. The highest BCUT2D eigenvalue weighted by atomic mass is 16.5. The zero-order valence-electron chi connectivity index (χ0n) is 15.1. The molecule has 1 rings (SSSR count). The van der Waals surface area contributed by atoms with Gasteiger partial charge in [-0.1, -0.05) is 13.8 Å². The number of furan rings is 1. The van der Waals surface area contributed by atoms with Gasteiger partial charge in [0.1, 0.15) is 5.76 Å². The van der Waals surface area contributed by atoms with Crippen molar-refractivity contribution in [2.75, 3.05) is 47.4 Å².